The van der Waals surface area contributed by atoms with Gasteiger partial charge in [-0.3, -0.25) is 9.78 Å². The van der Waals surface area contributed by atoms with Crippen molar-refractivity contribution >= 4 is 16.7 Å². The summed E-state index contributed by atoms with van der Waals surface area (Å²) in [4.78, 5) is 20.5. The van der Waals surface area contributed by atoms with Gasteiger partial charge in [-0.25, -0.2) is 4.98 Å². The second kappa shape index (κ2) is 5.93. The van der Waals surface area contributed by atoms with E-state index in [-0.39, 0.29) is 11.9 Å². The molecule has 0 saturated carbocycles. The first kappa shape index (κ1) is 14.2. The van der Waals surface area contributed by atoms with Crippen molar-refractivity contribution in [2.24, 2.45) is 0 Å². The maximum absolute atomic E-state index is 12.3. The SMILES string of the molecule is Cc1cnc(C(=O)NC(C)c2cccc3ccccc23)cn1. The van der Waals surface area contributed by atoms with Crippen molar-refractivity contribution in [2.75, 3.05) is 0 Å². The first-order valence-corrected chi connectivity index (χ1v) is 7.22. The van der Waals surface area contributed by atoms with E-state index in [4.69, 9.17) is 0 Å². The minimum absolute atomic E-state index is 0.110. The highest BCUT2D eigenvalue weighted by Crippen LogP contribution is 2.24. The third-order valence-corrected chi connectivity index (χ3v) is 3.65. The van der Waals surface area contributed by atoms with Crippen LogP contribution in [0.15, 0.2) is 54.9 Å². The van der Waals surface area contributed by atoms with Crippen LogP contribution >= 0.6 is 0 Å². The van der Waals surface area contributed by atoms with Gasteiger partial charge in [0.05, 0.1) is 17.9 Å². The van der Waals surface area contributed by atoms with E-state index in [1.54, 1.807) is 6.20 Å². The lowest BCUT2D eigenvalue weighted by Crippen LogP contribution is -2.27. The number of hydrogen-bond acceptors (Lipinski definition) is 3. The number of nitrogens with zero attached hydrogens (tertiary/aromatic N) is 2. The van der Waals surface area contributed by atoms with E-state index < -0.39 is 0 Å². The molecule has 0 fully saturated rings. The average molecular weight is 291 g/mol. The summed E-state index contributed by atoms with van der Waals surface area (Å²) in [5.41, 5.74) is 2.21. The van der Waals surface area contributed by atoms with Crippen LogP contribution in [0.4, 0.5) is 0 Å². The normalized spacial score (nSPS) is 12.1. The molecule has 0 aliphatic rings. The quantitative estimate of drug-likeness (QED) is 0.804. The number of amides is 1. The van der Waals surface area contributed by atoms with Crippen LogP contribution in [0, 0.1) is 6.92 Å². The van der Waals surface area contributed by atoms with Gasteiger partial charge in [0.25, 0.3) is 5.91 Å². The summed E-state index contributed by atoms with van der Waals surface area (Å²) in [5.74, 6) is -0.215. The van der Waals surface area contributed by atoms with Gasteiger partial charge in [0.2, 0.25) is 0 Å². The van der Waals surface area contributed by atoms with Gasteiger partial charge < -0.3 is 5.32 Å². The fourth-order valence-corrected chi connectivity index (χ4v) is 2.49. The molecule has 1 aromatic heterocycles. The van der Waals surface area contributed by atoms with Crippen LogP contribution in [0.2, 0.25) is 0 Å². The Labute approximate surface area is 129 Å². The molecule has 1 N–H and O–H groups in total. The van der Waals surface area contributed by atoms with Crippen molar-refractivity contribution < 1.29 is 4.79 Å². The number of aryl methyl sites for hydroxylation is 1. The Morgan fingerprint density at radius 1 is 1.05 bits per heavy atom. The highest BCUT2D eigenvalue weighted by Gasteiger charge is 2.14. The molecule has 110 valence electrons. The van der Waals surface area contributed by atoms with Crippen molar-refractivity contribution in [3.05, 3.63) is 71.8 Å². The highest BCUT2D eigenvalue weighted by molar-refractivity contribution is 5.93. The van der Waals surface area contributed by atoms with E-state index in [0.717, 1.165) is 22.0 Å². The molecular formula is C18H17N3O. The smallest absolute Gasteiger partial charge is 0.271 e. The lowest BCUT2D eigenvalue weighted by atomic mass is 9.99. The summed E-state index contributed by atoms with van der Waals surface area (Å²) in [6.07, 6.45) is 3.10. The predicted molar refractivity (Wildman–Crippen MR) is 86.6 cm³/mol. The summed E-state index contributed by atoms with van der Waals surface area (Å²) in [6, 6.07) is 14.2. The van der Waals surface area contributed by atoms with E-state index >= 15 is 0 Å². The number of hydrogen-bond donors (Lipinski definition) is 1. The third kappa shape index (κ3) is 2.81. The predicted octanol–water partition coefficient (Wildman–Crippen LogP) is 3.43. The average Bonchev–Trinajstić information content (AvgIpc) is 2.54. The lowest BCUT2D eigenvalue weighted by molar-refractivity contribution is 0.0934. The number of fused-ring (bicyclic) bond motifs is 1. The zero-order valence-corrected chi connectivity index (χ0v) is 12.6. The Morgan fingerprint density at radius 2 is 1.82 bits per heavy atom. The molecule has 4 heteroatoms. The van der Waals surface area contributed by atoms with Crippen molar-refractivity contribution in [1.82, 2.24) is 15.3 Å². The Bertz CT molecular complexity index is 807. The monoisotopic (exact) mass is 291 g/mol. The largest absolute Gasteiger partial charge is 0.344 e. The molecule has 22 heavy (non-hydrogen) atoms. The molecular weight excluding hydrogens is 274 g/mol. The third-order valence-electron chi connectivity index (χ3n) is 3.65. The van der Waals surface area contributed by atoms with Crippen LogP contribution in [0.1, 0.15) is 34.7 Å². The van der Waals surface area contributed by atoms with Gasteiger partial charge in [0, 0.05) is 6.20 Å². The van der Waals surface area contributed by atoms with Crippen LogP contribution in [0.25, 0.3) is 10.8 Å². The Balaban J connectivity index is 1.85. The van der Waals surface area contributed by atoms with Crippen molar-refractivity contribution in [3.8, 4) is 0 Å². The number of rotatable bonds is 3. The number of aromatic nitrogens is 2. The van der Waals surface area contributed by atoms with Gasteiger partial charge in [-0.1, -0.05) is 42.5 Å². The van der Waals surface area contributed by atoms with Gasteiger partial charge in [-0.15, -0.1) is 0 Å². The Kier molecular flexibility index (Phi) is 3.83. The summed E-state index contributed by atoms with van der Waals surface area (Å²) >= 11 is 0. The summed E-state index contributed by atoms with van der Waals surface area (Å²) in [5, 5.41) is 5.29. The molecule has 4 nitrogen and oxygen atoms in total. The summed E-state index contributed by atoms with van der Waals surface area (Å²) < 4.78 is 0. The lowest BCUT2D eigenvalue weighted by Gasteiger charge is -2.16. The minimum Gasteiger partial charge on any atom is -0.344 e. The molecule has 3 rings (SSSR count). The molecule has 2 aromatic carbocycles. The number of carbonyl (C=O) groups is 1. The second-order valence-corrected chi connectivity index (χ2v) is 5.31. The topological polar surface area (TPSA) is 54.9 Å². The van der Waals surface area contributed by atoms with E-state index in [1.807, 2.05) is 38.1 Å². The molecule has 1 atom stereocenters. The highest BCUT2D eigenvalue weighted by atomic mass is 16.1. The Hall–Kier alpha value is -2.75. The van der Waals surface area contributed by atoms with Gasteiger partial charge in [0.1, 0.15) is 5.69 Å². The molecule has 0 radical (unpaired) electrons. The van der Waals surface area contributed by atoms with E-state index in [9.17, 15) is 4.79 Å². The zero-order valence-electron chi connectivity index (χ0n) is 12.6. The van der Waals surface area contributed by atoms with Crippen LogP contribution < -0.4 is 5.32 Å². The number of carbonyl (C=O) groups excluding carboxylic acids is 1. The molecule has 1 unspecified atom stereocenters. The zero-order chi connectivity index (χ0) is 15.5. The second-order valence-electron chi connectivity index (χ2n) is 5.31. The molecule has 1 heterocycles. The van der Waals surface area contributed by atoms with Gasteiger partial charge in [-0.2, -0.15) is 0 Å². The van der Waals surface area contributed by atoms with Crippen LogP contribution in [0.5, 0.6) is 0 Å². The number of benzene rings is 2. The number of nitrogens with one attached hydrogen (secondary N) is 1. The van der Waals surface area contributed by atoms with Crippen molar-refractivity contribution in [2.45, 2.75) is 19.9 Å². The van der Waals surface area contributed by atoms with E-state index in [0.29, 0.717) is 5.69 Å². The maximum atomic E-state index is 12.3. The van der Waals surface area contributed by atoms with Gasteiger partial charge in [0.15, 0.2) is 0 Å². The van der Waals surface area contributed by atoms with Crippen LogP contribution in [0.3, 0.4) is 0 Å². The standard InChI is InChI=1S/C18H17N3O/c1-12-10-20-17(11-19-12)18(22)21-13(2)15-9-5-7-14-6-3-4-8-16(14)15/h3-11,13H,1-2H3,(H,21,22). The maximum Gasteiger partial charge on any atom is 0.271 e. The molecule has 0 saturated heterocycles. The van der Waals surface area contributed by atoms with E-state index in [2.05, 4.69) is 33.5 Å². The van der Waals surface area contributed by atoms with Gasteiger partial charge in [-0.05, 0) is 30.2 Å². The van der Waals surface area contributed by atoms with Crippen molar-refractivity contribution in [3.63, 3.8) is 0 Å². The fraction of sp³-hybridized carbons (Fsp3) is 0.167. The molecule has 0 aliphatic carbocycles. The van der Waals surface area contributed by atoms with Crippen LogP contribution in [-0.4, -0.2) is 15.9 Å². The minimum atomic E-state index is -0.215. The molecule has 1 amide bonds. The van der Waals surface area contributed by atoms with Crippen molar-refractivity contribution in [1.29, 1.82) is 0 Å². The van der Waals surface area contributed by atoms with E-state index in [1.165, 1.54) is 6.20 Å². The Morgan fingerprint density at radius 3 is 2.59 bits per heavy atom. The fourth-order valence-electron chi connectivity index (χ4n) is 2.49. The molecule has 0 bridgehead atoms. The summed E-state index contributed by atoms with van der Waals surface area (Å²) in [7, 11) is 0. The summed E-state index contributed by atoms with van der Waals surface area (Å²) in [6.45, 7) is 3.81. The molecule has 0 spiro atoms. The molecule has 0 aliphatic heterocycles. The van der Waals surface area contributed by atoms with Gasteiger partial charge >= 0.3 is 0 Å². The first-order valence-electron chi connectivity index (χ1n) is 7.22. The van der Waals surface area contributed by atoms with Crippen LogP contribution in [-0.2, 0) is 0 Å². The first-order chi connectivity index (χ1) is 10.6. The molecule has 3 aromatic rings.